The molecule has 0 unspecified atom stereocenters. The summed E-state index contributed by atoms with van der Waals surface area (Å²) in [6.07, 6.45) is 1.66. The molecule has 1 aromatic carbocycles. The van der Waals surface area contributed by atoms with E-state index in [4.69, 9.17) is 11.6 Å². The molecule has 0 bridgehead atoms. The van der Waals surface area contributed by atoms with Gasteiger partial charge in [0, 0.05) is 31.3 Å². The molecule has 26 heavy (non-hydrogen) atoms. The minimum Gasteiger partial charge on any atom is -0.351 e. The van der Waals surface area contributed by atoms with Gasteiger partial charge in [0.2, 0.25) is 15.9 Å². The van der Waals surface area contributed by atoms with Crippen molar-refractivity contribution in [3.05, 3.63) is 45.4 Å². The number of aromatic nitrogens is 1. The van der Waals surface area contributed by atoms with E-state index in [9.17, 15) is 13.2 Å². The van der Waals surface area contributed by atoms with Gasteiger partial charge >= 0.3 is 0 Å². The summed E-state index contributed by atoms with van der Waals surface area (Å²) in [4.78, 5) is 15.7. The number of halogens is 1. The third-order valence-corrected chi connectivity index (χ3v) is 7.70. The molecule has 9 heteroatoms. The van der Waals surface area contributed by atoms with E-state index < -0.39 is 10.0 Å². The molecule has 1 aromatic heterocycles. The number of rotatable bonds is 5. The standard InChI is InChI=1S/C17H20ClN3O3S2/c1-12(22)19-9-14-11-25-17(20-14)13-5-4-8-21(10-13)26(23,24)16-7-3-2-6-15(16)18/h2-3,6-7,11,13H,4-5,8-10H2,1H3,(H,19,22)/t13-/m0/s1. The second-order valence-electron chi connectivity index (χ2n) is 6.22. The predicted octanol–water partition coefficient (Wildman–Crippen LogP) is 3.00. The molecule has 3 rings (SSSR count). The van der Waals surface area contributed by atoms with E-state index in [-0.39, 0.29) is 21.7 Å². The normalized spacial score (nSPS) is 18.6. The van der Waals surface area contributed by atoms with E-state index >= 15 is 0 Å². The Balaban J connectivity index is 1.75. The van der Waals surface area contributed by atoms with Gasteiger partial charge in [-0.05, 0) is 25.0 Å². The first-order valence-electron chi connectivity index (χ1n) is 8.31. The molecule has 0 radical (unpaired) electrons. The smallest absolute Gasteiger partial charge is 0.244 e. The fraction of sp³-hybridized carbons (Fsp3) is 0.412. The molecule has 0 saturated carbocycles. The summed E-state index contributed by atoms with van der Waals surface area (Å²) in [6, 6.07) is 6.52. The van der Waals surface area contributed by atoms with Gasteiger partial charge in [0.15, 0.2) is 0 Å². The Kier molecular flexibility index (Phi) is 5.96. The van der Waals surface area contributed by atoms with Crippen molar-refractivity contribution in [2.24, 2.45) is 0 Å². The van der Waals surface area contributed by atoms with E-state index in [0.717, 1.165) is 23.5 Å². The average Bonchev–Trinajstić information content (AvgIpc) is 3.09. The molecule has 1 atom stereocenters. The Morgan fingerprint density at radius 3 is 2.92 bits per heavy atom. The number of piperidine rings is 1. The maximum atomic E-state index is 12.9. The van der Waals surface area contributed by atoms with Gasteiger partial charge in [-0.15, -0.1) is 11.3 Å². The van der Waals surface area contributed by atoms with Crippen molar-refractivity contribution in [2.45, 2.75) is 37.1 Å². The van der Waals surface area contributed by atoms with Gasteiger partial charge in [-0.2, -0.15) is 4.31 Å². The summed E-state index contributed by atoms with van der Waals surface area (Å²) in [5.74, 6) is -0.0497. The third-order valence-electron chi connectivity index (χ3n) is 4.28. The predicted molar refractivity (Wildman–Crippen MR) is 102 cm³/mol. The molecule has 2 aromatic rings. The largest absolute Gasteiger partial charge is 0.351 e. The highest BCUT2D eigenvalue weighted by atomic mass is 35.5. The van der Waals surface area contributed by atoms with Gasteiger partial charge in [-0.1, -0.05) is 23.7 Å². The Labute approximate surface area is 162 Å². The van der Waals surface area contributed by atoms with Crippen LogP contribution in [0.1, 0.15) is 36.4 Å². The highest BCUT2D eigenvalue weighted by Gasteiger charge is 2.33. The first kappa shape index (κ1) is 19.3. The molecule has 2 heterocycles. The second-order valence-corrected chi connectivity index (χ2v) is 9.42. The van der Waals surface area contributed by atoms with E-state index in [1.165, 1.54) is 28.6 Å². The van der Waals surface area contributed by atoms with Crippen molar-refractivity contribution in [1.82, 2.24) is 14.6 Å². The highest BCUT2D eigenvalue weighted by Crippen LogP contribution is 2.33. The van der Waals surface area contributed by atoms with Crippen LogP contribution >= 0.6 is 22.9 Å². The molecule has 6 nitrogen and oxygen atoms in total. The number of thiazole rings is 1. The third kappa shape index (κ3) is 4.25. The van der Waals surface area contributed by atoms with Crippen LogP contribution < -0.4 is 5.32 Å². The lowest BCUT2D eigenvalue weighted by molar-refractivity contribution is -0.119. The van der Waals surface area contributed by atoms with Crippen molar-refractivity contribution >= 4 is 38.9 Å². The van der Waals surface area contributed by atoms with Crippen LogP contribution in [0, 0.1) is 0 Å². The molecule has 1 aliphatic rings. The maximum absolute atomic E-state index is 12.9. The molecule has 1 aliphatic heterocycles. The molecular formula is C17H20ClN3O3S2. The quantitative estimate of drug-likeness (QED) is 0.817. The summed E-state index contributed by atoms with van der Waals surface area (Å²) >= 11 is 7.60. The molecule has 140 valence electrons. The Morgan fingerprint density at radius 2 is 2.19 bits per heavy atom. The van der Waals surface area contributed by atoms with Gasteiger partial charge in [0.1, 0.15) is 4.90 Å². The van der Waals surface area contributed by atoms with Crippen LogP contribution in [0.25, 0.3) is 0 Å². The van der Waals surface area contributed by atoms with Crippen LogP contribution in [-0.2, 0) is 21.4 Å². The van der Waals surface area contributed by atoms with E-state index in [1.807, 2.05) is 5.38 Å². The number of carbonyl (C=O) groups is 1. The number of hydrogen-bond donors (Lipinski definition) is 1. The molecular weight excluding hydrogens is 394 g/mol. The van der Waals surface area contributed by atoms with Crippen molar-refractivity contribution in [1.29, 1.82) is 0 Å². The van der Waals surface area contributed by atoms with Crippen molar-refractivity contribution in [3.63, 3.8) is 0 Å². The highest BCUT2D eigenvalue weighted by molar-refractivity contribution is 7.89. The lowest BCUT2D eigenvalue weighted by Crippen LogP contribution is -2.39. The lowest BCUT2D eigenvalue weighted by Gasteiger charge is -2.31. The first-order chi connectivity index (χ1) is 12.4. The van der Waals surface area contributed by atoms with E-state index in [1.54, 1.807) is 18.2 Å². The molecule has 0 aliphatic carbocycles. The summed E-state index contributed by atoms with van der Waals surface area (Å²) < 4.78 is 27.4. The van der Waals surface area contributed by atoms with Crippen molar-refractivity contribution < 1.29 is 13.2 Å². The fourth-order valence-corrected chi connectivity index (χ4v) is 5.93. The first-order valence-corrected chi connectivity index (χ1v) is 11.0. The summed E-state index contributed by atoms with van der Waals surface area (Å²) in [5, 5.41) is 5.78. The van der Waals surface area contributed by atoms with Crippen molar-refractivity contribution in [2.75, 3.05) is 13.1 Å². The number of benzene rings is 1. The minimum absolute atomic E-state index is 0.0529. The number of nitrogens with zero attached hydrogens (tertiary/aromatic N) is 2. The van der Waals surface area contributed by atoms with Crippen LogP contribution in [0.5, 0.6) is 0 Å². The molecule has 1 amide bonds. The minimum atomic E-state index is -3.63. The van der Waals surface area contributed by atoms with Gasteiger partial charge in [-0.3, -0.25) is 4.79 Å². The van der Waals surface area contributed by atoms with Gasteiger partial charge < -0.3 is 5.32 Å². The molecule has 1 saturated heterocycles. The zero-order valence-corrected chi connectivity index (χ0v) is 16.7. The van der Waals surface area contributed by atoms with Gasteiger partial charge in [0.25, 0.3) is 0 Å². The van der Waals surface area contributed by atoms with Gasteiger partial charge in [0.05, 0.1) is 22.3 Å². The monoisotopic (exact) mass is 413 g/mol. The number of hydrogen-bond acceptors (Lipinski definition) is 5. The number of sulfonamides is 1. The Hall–Kier alpha value is -1.48. The fourth-order valence-electron chi connectivity index (χ4n) is 2.96. The summed E-state index contributed by atoms with van der Waals surface area (Å²) in [6.45, 7) is 2.72. The van der Waals surface area contributed by atoms with Crippen LogP contribution in [0.3, 0.4) is 0 Å². The van der Waals surface area contributed by atoms with Crippen LogP contribution in [0.4, 0.5) is 0 Å². The topological polar surface area (TPSA) is 79.4 Å². The lowest BCUT2D eigenvalue weighted by atomic mass is 10.0. The second kappa shape index (κ2) is 8.04. The Morgan fingerprint density at radius 1 is 1.42 bits per heavy atom. The zero-order valence-electron chi connectivity index (χ0n) is 14.3. The number of amides is 1. The van der Waals surface area contributed by atoms with E-state index in [0.29, 0.717) is 19.6 Å². The van der Waals surface area contributed by atoms with Crippen LogP contribution in [0.2, 0.25) is 5.02 Å². The van der Waals surface area contributed by atoms with E-state index in [2.05, 4.69) is 10.3 Å². The van der Waals surface area contributed by atoms with Gasteiger partial charge in [-0.25, -0.2) is 13.4 Å². The SMILES string of the molecule is CC(=O)NCc1csc([C@H]2CCCN(S(=O)(=O)c3ccccc3Cl)C2)n1. The molecule has 1 fully saturated rings. The Bertz CT molecular complexity index is 898. The van der Waals surface area contributed by atoms with Crippen molar-refractivity contribution in [3.8, 4) is 0 Å². The molecule has 1 N–H and O–H groups in total. The summed E-state index contributed by atoms with van der Waals surface area (Å²) in [5.41, 5.74) is 0.797. The van der Waals surface area contributed by atoms with Crippen LogP contribution in [-0.4, -0.2) is 36.7 Å². The maximum Gasteiger partial charge on any atom is 0.244 e. The number of carbonyl (C=O) groups excluding carboxylic acids is 1. The summed E-state index contributed by atoms with van der Waals surface area (Å²) in [7, 11) is -3.63. The van der Waals surface area contributed by atoms with Crippen LogP contribution in [0.15, 0.2) is 34.5 Å². The zero-order chi connectivity index (χ0) is 18.7. The molecule has 0 spiro atoms. The number of nitrogens with one attached hydrogen (secondary N) is 1. The average molecular weight is 414 g/mol.